The molecule has 0 saturated carbocycles. The van der Waals surface area contributed by atoms with Crippen molar-refractivity contribution in [2.24, 2.45) is 0 Å². The Hall–Kier alpha value is -2.46. The molecule has 0 saturated heterocycles. The predicted octanol–water partition coefficient (Wildman–Crippen LogP) is 3.21. The van der Waals surface area contributed by atoms with Crippen molar-refractivity contribution in [2.45, 2.75) is 38.1 Å². The molecule has 2 amide bonds. The number of imide groups is 1. The molecule has 1 aliphatic carbocycles. The third-order valence-electron chi connectivity index (χ3n) is 5.47. The van der Waals surface area contributed by atoms with Crippen LogP contribution in [0.3, 0.4) is 0 Å². The van der Waals surface area contributed by atoms with Gasteiger partial charge in [-0.3, -0.25) is 14.5 Å². The van der Waals surface area contributed by atoms with Crippen molar-refractivity contribution < 1.29 is 9.59 Å². The second-order valence-electron chi connectivity index (χ2n) is 7.18. The second kappa shape index (κ2) is 7.42. The molecule has 0 radical (unpaired) electrons. The number of hydrogen-bond donors (Lipinski definition) is 1. The van der Waals surface area contributed by atoms with Crippen molar-refractivity contribution in [3.05, 3.63) is 70.8 Å². The Kier molecular flexibility index (Phi) is 4.85. The summed E-state index contributed by atoms with van der Waals surface area (Å²) >= 11 is 0. The van der Waals surface area contributed by atoms with E-state index >= 15 is 0 Å². The lowest BCUT2D eigenvalue weighted by Gasteiger charge is -2.25. The van der Waals surface area contributed by atoms with Gasteiger partial charge >= 0.3 is 0 Å². The van der Waals surface area contributed by atoms with Gasteiger partial charge in [-0.15, -0.1) is 0 Å². The molecule has 1 atom stereocenters. The molecule has 0 bridgehead atoms. The summed E-state index contributed by atoms with van der Waals surface area (Å²) in [5, 5.41) is 3.64. The van der Waals surface area contributed by atoms with Crippen LogP contribution in [0.1, 0.15) is 51.1 Å². The van der Waals surface area contributed by atoms with Crippen molar-refractivity contribution in [2.75, 3.05) is 13.1 Å². The van der Waals surface area contributed by atoms with Crippen LogP contribution >= 0.6 is 0 Å². The van der Waals surface area contributed by atoms with Crippen LogP contribution in [-0.2, 0) is 12.8 Å². The first-order chi connectivity index (χ1) is 12.7. The lowest BCUT2D eigenvalue weighted by Crippen LogP contribution is -2.36. The Balaban J connectivity index is 1.21. The molecule has 1 N–H and O–H groups in total. The predicted molar refractivity (Wildman–Crippen MR) is 101 cm³/mol. The molecule has 4 heteroatoms. The van der Waals surface area contributed by atoms with Gasteiger partial charge in [-0.2, -0.15) is 0 Å². The highest BCUT2D eigenvalue weighted by Gasteiger charge is 2.34. The number of fused-ring (bicyclic) bond motifs is 2. The number of unbranched alkanes of at least 4 members (excludes halogenated alkanes) is 1. The molecule has 0 spiro atoms. The fourth-order valence-electron chi connectivity index (χ4n) is 4.02. The standard InChI is InChI=1S/C22H24N2O2/c25-21-19-9-3-4-10-20(19)22(26)24(21)14-6-5-13-23-18-12-11-16-7-1-2-8-17(16)15-18/h1-4,7-10,18,23H,5-6,11-15H2. The molecule has 0 fully saturated rings. The smallest absolute Gasteiger partial charge is 0.261 e. The number of hydrogen-bond acceptors (Lipinski definition) is 3. The van der Waals surface area contributed by atoms with Crippen LogP contribution in [0.15, 0.2) is 48.5 Å². The molecule has 4 nitrogen and oxygen atoms in total. The molecule has 2 aromatic rings. The minimum Gasteiger partial charge on any atom is -0.314 e. The number of nitrogens with zero attached hydrogens (tertiary/aromatic N) is 1. The van der Waals surface area contributed by atoms with E-state index in [9.17, 15) is 9.59 Å². The maximum atomic E-state index is 12.3. The summed E-state index contributed by atoms with van der Waals surface area (Å²) in [4.78, 5) is 26.0. The average Bonchev–Trinajstić information content (AvgIpc) is 2.92. The molecule has 2 aliphatic rings. The van der Waals surface area contributed by atoms with E-state index in [2.05, 4.69) is 29.6 Å². The fourth-order valence-corrected chi connectivity index (χ4v) is 4.02. The normalized spacial score (nSPS) is 18.8. The summed E-state index contributed by atoms with van der Waals surface area (Å²) in [7, 11) is 0. The van der Waals surface area contributed by atoms with Gasteiger partial charge in [-0.25, -0.2) is 0 Å². The summed E-state index contributed by atoms with van der Waals surface area (Å²) < 4.78 is 0. The molecule has 26 heavy (non-hydrogen) atoms. The van der Waals surface area contributed by atoms with Gasteiger partial charge in [0.15, 0.2) is 0 Å². The molecule has 1 aliphatic heterocycles. The van der Waals surface area contributed by atoms with Gasteiger partial charge in [0.1, 0.15) is 0 Å². The minimum absolute atomic E-state index is 0.151. The maximum Gasteiger partial charge on any atom is 0.261 e. The zero-order valence-electron chi connectivity index (χ0n) is 14.9. The van der Waals surface area contributed by atoms with E-state index in [0.29, 0.717) is 23.7 Å². The Morgan fingerprint density at radius 3 is 2.27 bits per heavy atom. The van der Waals surface area contributed by atoms with Crippen LogP contribution < -0.4 is 5.32 Å². The van der Waals surface area contributed by atoms with Gasteiger partial charge in [-0.05, 0) is 61.9 Å². The van der Waals surface area contributed by atoms with E-state index in [1.807, 2.05) is 0 Å². The van der Waals surface area contributed by atoms with E-state index in [0.717, 1.165) is 32.2 Å². The van der Waals surface area contributed by atoms with Gasteiger partial charge in [0.2, 0.25) is 0 Å². The van der Waals surface area contributed by atoms with Crippen molar-refractivity contribution in [3.63, 3.8) is 0 Å². The lowest BCUT2D eigenvalue weighted by molar-refractivity contribution is 0.0651. The number of benzene rings is 2. The summed E-state index contributed by atoms with van der Waals surface area (Å²) in [5.74, 6) is -0.301. The minimum atomic E-state index is -0.151. The van der Waals surface area contributed by atoms with Crippen LogP contribution in [0.2, 0.25) is 0 Å². The van der Waals surface area contributed by atoms with Crippen LogP contribution in [0.4, 0.5) is 0 Å². The van der Waals surface area contributed by atoms with Gasteiger partial charge in [0.05, 0.1) is 11.1 Å². The number of amides is 2. The molecule has 4 rings (SSSR count). The average molecular weight is 348 g/mol. The van der Waals surface area contributed by atoms with Crippen LogP contribution in [0.25, 0.3) is 0 Å². The van der Waals surface area contributed by atoms with Crippen LogP contribution in [0.5, 0.6) is 0 Å². The third kappa shape index (κ3) is 3.29. The Bertz CT molecular complexity index is 795. The summed E-state index contributed by atoms with van der Waals surface area (Å²) in [6, 6.07) is 16.3. The van der Waals surface area contributed by atoms with Crippen molar-refractivity contribution in [1.82, 2.24) is 10.2 Å². The highest BCUT2D eigenvalue weighted by atomic mass is 16.2. The quantitative estimate of drug-likeness (QED) is 0.644. The SMILES string of the molecule is O=C1c2ccccc2C(=O)N1CCCCNC1CCc2ccccc2C1. The first-order valence-corrected chi connectivity index (χ1v) is 9.49. The third-order valence-corrected chi connectivity index (χ3v) is 5.47. The Labute approximate surface area is 154 Å². The van der Waals surface area contributed by atoms with E-state index in [1.165, 1.54) is 22.4 Å². The number of carbonyl (C=O) groups excluding carboxylic acids is 2. The number of nitrogens with one attached hydrogen (secondary N) is 1. The number of carbonyl (C=O) groups is 2. The van der Waals surface area contributed by atoms with Crippen molar-refractivity contribution in [3.8, 4) is 0 Å². The highest BCUT2D eigenvalue weighted by Crippen LogP contribution is 2.23. The van der Waals surface area contributed by atoms with E-state index in [4.69, 9.17) is 0 Å². The number of rotatable bonds is 6. The summed E-state index contributed by atoms with van der Waals surface area (Å²) in [6.07, 6.45) is 5.21. The second-order valence-corrected chi connectivity index (χ2v) is 7.18. The first kappa shape index (κ1) is 17.0. The van der Waals surface area contributed by atoms with Gasteiger partial charge in [0, 0.05) is 12.6 Å². The summed E-state index contributed by atoms with van der Waals surface area (Å²) in [6.45, 7) is 1.43. The molecule has 2 aromatic carbocycles. The van der Waals surface area contributed by atoms with E-state index < -0.39 is 0 Å². The lowest BCUT2D eigenvalue weighted by atomic mass is 9.88. The molecule has 134 valence electrons. The molecule has 1 unspecified atom stereocenters. The molecular weight excluding hydrogens is 324 g/mol. The molecular formula is C22H24N2O2. The fraction of sp³-hybridized carbons (Fsp3) is 0.364. The molecule has 0 aromatic heterocycles. The van der Waals surface area contributed by atoms with Gasteiger partial charge < -0.3 is 5.32 Å². The monoisotopic (exact) mass is 348 g/mol. The zero-order chi connectivity index (χ0) is 17.9. The van der Waals surface area contributed by atoms with Crippen molar-refractivity contribution >= 4 is 11.8 Å². The summed E-state index contributed by atoms with van der Waals surface area (Å²) in [5.41, 5.74) is 4.02. The van der Waals surface area contributed by atoms with Crippen LogP contribution in [0, 0.1) is 0 Å². The topological polar surface area (TPSA) is 49.4 Å². The number of aryl methyl sites for hydroxylation is 1. The van der Waals surface area contributed by atoms with Crippen LogP contribution in [-0.4, -0.2) is 35.8 Å². The molecule has 1 heterocycles. The first-order valence-electron chi connectivity index (χ1n) is 9.49. The van der Waals surface area contributed by atoms with Gasteiger partial charge in [0.25, 0.3) is 11.8 Å². The van der Waals surface area contributed by atoms with Crippen molar-refractivity contribution in [1.29, 1.82) is 0 Å². The largest absolute Gasteiger partial charge is 0.314 e. The van der Waals surface area contributed by atoms with Gasteiger partial charge in [-0.1, -0.05) is 36.4 Å². The Morgan fingerprint density at radius 1 is 0.885 bits per heavy atom. The zero-order valence-corrected chi connectivity index (χ0v) is 14.9. The highest BCUT2D eigenvalue weighted by molar-refractivity contribution is 6.21. The van der Waals surface area contributed by atoms with E-state index in [1.54, 1.807) is 24.3 Å². The maximum absolute atomic E-state index is 12.3. The van der Waals surface area contributed by atoms with E-state index in [-0.39, 0.29) is 11.8 Å². The Morgan fingerprint density at radius 2 is 1.54 bits per heavy atom.